The van der Waals surface area contributed by atoms with Gasteiger partial charge < -0.3 is 26.5 Å². The van der Waals surface area contributed by atoms with Crippen LogP contribution in [0.4, 0.5) is 17.3 Å². The molecule has 3 rings (SSSR count). The molecule has 1 fully saturated rings. The lowest BCUT2D eigenvalue weighted by Crippen LogP contribution is -2.22. The molecule has 0 bridgehead atoms. The zero-order valence-electron chi connectivity index (χ0n) is 13.0. The van der Waals surface area contributed by atoms with Gasteiger partial charge in [-0.3, -0.25) is 9.59 Å². The van der Waals surface area contributed by atoms with E-state index in [1.807, 2.05) is 0 Å². The Hall–Kier alpha value is -2.78. The molecule has 1 unspecified atom stereocenters. The molecule has 24 heavy (non-hydrogen) atoms. The Morgan fingerprint density at radius 1 is 1.50 bits per heavy atom. The van der Waals surface area contributed by atoms with Gasteiger partial charge in [0.25, 0.3) is 5.56 Å². The molecule has 2 aromatic rings. The molecule has 1 aliphatic carbocycles. The number of carbonyl (C=O) groups excluding carboxylic acids is 1. The summed E-state index contributed by atoms with van der Waals surface area (Å²) in [6, 6.07) is 3.26. The second-order valence-corrected chi connectivity index (χ2v) is 5.68. The van der Waals surface area contributed by atoms with E-state index in [1.54, 1.807) is 19.1 Å². The van der Waals surface area contributed by atoms with Crippen molar-refractivity contribution in [1.29, 1.82) is 0 Å². The number of nitrogens with two attached hydrogens (primary N) is 1. The van der Waals surface area contributed by atoms with Crippen LogP contribution in [0.15, 0.2) is 23.1 Å². The molecule has 126 valence electrons. The van der Waals surface area contributed by atoms with Gasteiger partial charge >= 0.3 is 0 Å². The lowest BCUT2D eigenvalue weighted by atomic mass is 10.3. The highest BCUT2D eigenvalue weighted by molar-refractivity contribution is 5.93. The quantitative estimate of drug-likeness (QED) is 0.502. The number of aromatic amines is 1. The number of pyridine rings is 1. The van der Waals surface area contributed by atoms with E-state index < -0.39 is 11.8 Å². The summed E-state index contributed by atoms with van der Waals surface area (Å²) in [5.41, 5.74) is 5.97. The largest absolute Gasteiger partial charge is 0.373 e. The number of nitrogens with zero attached hydrogens (tertiary/aromatic N) is 2. The Morgan fingerprint density at radius 2 is 2.25 bits per heavy atom. The summed E-state index contributed by atoms with van der Waals surface area (Å²) < 4.78 is 0. The number of amides is 1. The Balaban J connectivity index is 1.79. The van der Waals surface area contributed by atoms with Gasteiger partial charge in [0.15, 0.2) is 5.82 Å². The van der Waals surface area contributed by atoms with Crippen molar-refractivity contribution in [2.45, 2.75) is 26.0 Å². The van der Waals surface area contributed by atoms with Gasteiger partial charge in [-0.05, 0) is 25.8 Å². The molecule has 1 saturated carbocycles. The number of aliphatic hydroxyl groups is 1. The number of aryl methyl sites for hydroxylation is 1. The Bertz CT molecular complexity index is 828. The van der Waals surface area contributed by atoms with Crippen LogP contribution in [0.3, 0.4) is 0 Å². The molecule has 6 N–H and O–H groups in total. The van der Waals surface area contributed by atoms with E-state index in [1.165, 1.54) is 6.20 Å². The molecule has 0 aliphatic heterocycles. The molecule has 2 heterocycles. The van der Waals surface area contributed by atoms with E-state index in [0.29, 0.717) is 17.2 Å². The van der Waals surface area contributed by atoms with Crippen molar-refractivity contribution in [3.8, 4) is 0 Å². The lowest BCUT2D eigenvalue weighted by molar-refractivity contribution is -0.117. The van der Waals surface area contributed by atoms with Gasteiger partial charge in [0, 0.05) is 23.9 Å². The van der Waals surface area contributed by atoms with E-state index >= 15 is 0 Å². The molecule has 0 aromatic carbocycles. The highest BCUT2D eigenvalue weighted by Gasteiger charge is 2.29. The minimum Gasteiger partial charge on any atom is -0.373 e. The zero-order valence-corrected chi connectivity index (χ0v) is 13.0. The molecule has 2 aromatic heterocycles. The average molecular weight is 330 g/mol. The van der Waals surface area contributed by atoms with Gasteiger partial charge in [0.1, 0.15) is 12.0 Å². The standard InChI is InChI=1S/C15H18N6O3/c1-7-11(12(16)22)21-15(24)13(18-7)19-9-4-5-17-10(6-9)20-14(23)8-2-3-8/h4-6,8,12,22H,2-3,16H2,1H3,(H,21,24)(H2,17,18,19,20,23). The summed E-state index contributed by atoms with van der Waals surface area (Å²) in [6.45, 7) is 1.63. The Labute approximate surface area is 137 Å². The SMILES string of the molecule is Cc1nc(Nc2ccnc(NC(=O)C3CC3)c2)c(=O)[nH]c1C(N)O. The van der Waals surface area contributed by atoms with Crippen molar-refractivity contribution in [2.24, 2.45) is 11.7 Å². The minimum atomic E-state index is -1.30. The maximum Gasteiger partial charge on any atom is 0.291 e. The number of rotatable bonds is 5. The van der Waals surface area contributed by atoms with E-state index in [4.69, 9.17) is 5.73 Å². The van der Waals surface area contributed by atoms with E-state index in [9.17, 15) is 14.7 Å². The number of H-pyrrole nitrogens is 1. The van der Waals surface area contributed by atoms with Crippen molar-refractivity contribution in [3.05, 3.63) is 40.1 Å². The monoisotopic (exact) mass is 330 g/mol. The average Bonchev–Trinajstić information content (AvgIpc) is 3.35. The predicted octanol–water partition coefficient (Wildman–Crippen LogP) is 0.515. The fraction of sp³-hybridized carbons (Fsp3) is 0.333. The van der Waals surface area contributed by atoms with Crippen LogP contribution in [0.5, 0.6) is 0 Å². The van der Waals surface area contributed by atoms with Crippen molar-refractivity contribution in [1.82, 2.24) is 15.0 Å². The zero-order chi connectivity index (χ0) is 17.3. The lowest BCUT2D eigenvalue weighted by Gasteiger charge is -2.11. The van der Waals surface area contributed by atoms with Gasteiger partial charge in [-0.15, -0.1) is 0 Å². The van der Waals surface area contributed by atoms with Crippen LogP contribution >= 0.6 is 0 Å². The number of carbonyl (C=O) groups is 1. The van der Waals surface area contributed by atoms with Gasteiger partial charge in [0.2, 0.25) is 5.91 Å². The van der Waals surface area contributed by atoms with Crippen molar-refractivity contribution < 1.29 is 9.90 Å². The first kappa shape index (κ1) is 16.1. The van der Waals surface area contributed by atoms with Crippen LogP contribution in [0.2, 0.25) is 0 Å². The first-order valence-electron chi connectivity index (χ1n) is 7.52. The minimum absolute atomic E-state index is 0.0484. The fourth-order valence-corrected chi connectivity index (χ4v) is 2.21. The molecule has 1 amide bonds. The molecule has 0 saturated heterocycles. The molecule has 0 radical (unpaired) electrons. The van der Waals surface area contributed by atoms with Crippen LogP contribution in [0, 0.1) is 12.8 Å². The van der Waals surface area contributed by atoms with Crippen LogP contribution < -0.4 is 21.9 Å². The van der Waals surface area contributed by atoms with Crippen molar-refractivity contribution >= 4 is 23.2 Å². The summed E-state index contributed by atoms with van der Waals surface area (Å²) in [6.07, 6.45) is 2.03. The fourth-order valence-electron chi connectivity index (χ4n) is 2.21. The van der Waals surface area contributed by atoms with E-state index in [2.05, 4.69) is 25.6 Å². The van der Waals surface area contributed by atoms with Crippen LogP contribution in [-0.4, -0.2) is 26.0 Å². The van der Waals surface area contributed by atoms with Crippen LogP contribution in [0.1, 0.15) is 30.5 Å². The molecular weight excluding hydrogens is 312 g/mol. The van der Waals surface area contributed by atoms with Crippen LogP contribution in [-0.2, 0) is 4.79 Å². The molecule has 9 nitrogen and oxygen atoms in total. The smallest absolute Gasteiger partial charge is 0.291 e. The molecular formula is C15H18N6O3. The summed E-state index contributed by atoms with van der Waals surface area (Å²) in [7, 11) is 0. The van der Waals surface area contributed by atoms with Gasteiger partial charge in [-0.2, -0.15) is 0 Å². The van der Waals surface area contributed by atoms with Crippen LogP contribution in [0.25, 0.3) is 0 Å². The van der Waals surface area contributed by atoms with Gasteiger partial charge in [0.05, 0.1) is 11.4 Å². The summed E-state index contributed by atoms with van der Waals surface area (Å²) in [5.74, 6) is 0.486. The number of aliphatic hydroxyl groups excluding tert-OH is 1. The first-order chi connectivity index (χ1) is 11.4. The second kappa shape index (κ2) is 6.38. The third kappa shape index (κ3) is 3.58. The van der Waals surface area contributed by atoms with Gasteiger partial charge in [-0.25, -0.2) is 9.97 Å². The molecule has 9 heteroatoms. The Kier molecular flexibility index (Phi) is 4.28. The third-order valence-electron chi connectivity index (χ3n) is 3.65. The summed E-state index contributed by atoms with van der Waals surface area (Å²) in [5, 5.41) is 15.0. The maximum absolute atomic E-state index is 12.0. The molecule has 1 atom stereocenters. The number of hydrogen-bond donors (Lipinski definition) is 5. The van der Waals surface area contributed by atoms with Crippen molar-refractivity contribution in [3.63, 3.8) is 0 Å². The summed E-state index contributed by atoms with van der Waals surface area (Å²) in [4.78, 5) is 34.5. The van der Waals surface area contributed by atoms with E-state index in [-0.39, 0.29) is 23.3 Å². The normalized spacial score (nSPS) is 15.0. The maximum atomic E-state index is 12.0. The number of anilines is 3. The second-order valence-electron chi connectivity index (χ2n) is 5.68. The summed E-state index contributed by atoms with van der Waals surface area (Å²) >= 11 is 0. The highest BCUT2D eigenvalue weighted by atomic mass is 16.3. The topological polar surface area (TPSA) is 146 Å². The number of hydrogen-bond acceptors (Lipinski definition) is 7. The highest BCUT2D eigenvalue weighted by Crippen LogP contribution is 2.30. The number of aromatic nitrogens is 3. The van der Waals surface area contributed by atoms with E-state index in [0.717, 1.165) is 12.8 Å². The van der Waals surface area contributed by atoms with Crippen molar-refractivity contribution in [2.75, 3.05) is 10.6 Å². The van der Waals surface area contributed by atoms with Gasteiger partial charge in [-0.1, -0.05) is 0 Å². The molecule has 0 spiro atoms. The Morgan fingerprint density at radius 3 is 2.92 bits per heavy atom. The predicted molar refractivity (Wildman–Crippen MR) is 87.6 cm³/mol. The number of nitrogens with one attached hydrogen (secondary N) is 3. The molecule has 1 aliphatic rings. The first-order valence-corrected chi connectivity index (χ1v) is 7.52. The third-order valence-corrected chi connectivity index (χ3v) is 3.65.